The second-order valence-electron chi connectivity index (χ2n) is 4.97. The number of carbonyl (C=O) groups is 1. The number of fused-ring (bicyclic) bond motifs is 1. The number of hydrogen-bond donors (Lipinski definition) is 1. The van der Waals surface area contributed by atoms with Crippen molar-refractivity contribution < 1.29 is 13.6 Å². The van der Waals surface area contributed by atoms with Crippen molar-refractivity contribution in [3.63, 3.8) is 0 Å². The summed E-state index contributed by atoms with van der Waals surface area (Å²) in [5.74, 6) is -0.764. The van der Waals surface area contributed by atoms with Crippen molar-refractivity contribution in [2.75, 3.05) is 5.32 Å². The Kier molecular flexibility index (Phi) is 4.99. The van der Waals surface area contributed by atoms with E-state index in [2.05, 4.69) is 10.3 Å². The van der Waals surface area contributed by atoms with Gasteiger partial charge < -0.3 is 9.73 Å². The van der Waals surface area contributed by atoms with Crippen LogP contribution in [-0.2, 0) is 4.79 Å². The average molecular weight is 385 g/mol. The van der Waals surface area contributed by atoms with Gasteiger partial charge >= 0.3 is 0 Å². The summed E-state index contributed by atoms with van der Waals surface area (Å²) >= 11 is 13.0. The molecule has 2 aromatic carbocycles. The molecular formula is C16H11Cl2FN2O2S. The largest absolute Gasteiger partial charge is 0.431 e. The summed E-state index contributed by atoms with van der Waals surface area (Å²) in [7, 11) is 0. The Morgan fingerprint density at radius 2 is 2.08 bits per heavy atom. The zero-order valence-electron chi connectivity index (χ0n) is 12.3. The minimum absolute atomic E-state index is 0.136. The summed E-state index contributed by atoms with van der Waals surface area (Å²) < 4.78 is 18.6. The number of oxazole rings is 1. The number of benzene rings is 2. The van der Waals surface area contributed by atoms with Gasteiger partial charge in [0.05, 0.1) is 16.0 Å². The lowest BCUT2D eigenvalue weighted by atomic mass is 10.3. The van der Waals surface area contributed by atoms with Crippen molar-refractivity contribution >= 4 is 57.7 Å². The maximum atomic E-state index is 13.0. The fourth-order valence-electron chi connectivity index (χ4n) is 1.96. The normalized spacial score (nSPS) is 12.3. The molecule has 8 heteroatoms. The summed E-state index contributed by atoms with van der Waals surface area (Å²) in [6, 6.07) is 8.90. The predicted molar refractivity (Wildman–Crippen MR) is 94.4 cm³/mol. The van der Waals surface area contributed by atoms with Gasteiger partial charge in [0, 0.05) is 11.1 Å². The van der Waals surface area contributed by atoms with Crippen molar-refractivity contribution in [3.05, 3.63) is 52.3 Å². The predicted octanol–water partition coefficient (Wildman–Crippen LogP) is 5.39. The van der Waals surface area contributed by atoms with Crippen molar-refractivity contribution in [3.8, 4) is 0 Å². The Labute approximate surface area is 151 Å². The molecule has 0 spiro atoms. The summed E-state index contributed by atoms with van der Waals surface area (Å²) in [6.45, 7) is 1.71. The highest BCUT2D eigenvalue weighted by Gasteiger charge is 2.19. The standard InChI is InChI=1S/C16H11Cl2FN2O2S/c1-8(15(22)20-12-5-3-10(19)7-11(12)18)24-16-21-13-4-2-9(17)6-14(13)23-16/h2-8H,1H3,(H,20,22)/t8-/m0/s1. The molecule has 0 saturated carbocycles. The smallest absolute Gasteiger partial charge is 0.257 e. The maximum absolute atomic E-state index is 13.0. The molecule has 0 saturated heterocycles. The number of carbonyl (C=O) groups excluding carboxylic acids is 1. The zero-order chi connectivity index (χ0) is 17.3. The maximum Gasteiger partial charge on any atom is 0.257 e. The Hall–Kier alpha value is -1.76. The van der Waals surface area contributed by atoms with Gasteiger partial charge in [-0.1, -0.05) is 35.0 Å². The number of halogens is 3. The van der Waals surface area contributed by atoms with E-state index in [1.54, 1.807) is 25.1 Å². The third kappa shape index (κ3) is 3.83. The second-order valence-corrected chi connectivity index (χ2v) is 7.10. The lowest BCUT2D eigenvalue weighted by Crippen LogP contribution is -2.22. The van der Waals surface area contributed by atoms with E-state index in [1.807, 2.05) is 0 Å². The molecule has 0 fully saturated rings. The van der Waals surface area contributed by atoms with Crippen LogP contribution in [0.15, 0.2) is 46.0 Å². The van der Waals surface area contributed by atoms with Crippen molar-refractivity contribution in [1.29, 1.82) is 0 Å². The van der Waals surface area contributed by atoms with Crippen molar-refractivity contribution in [2.45, 2.75) is 17.4 Å². The molecule has 1 N–H and O–H groups in total. The minimum atomic E-state index is -0.491. The molecule has 0 bridgehead atoms. The molecule has 4 nitrogen and oxygen atoms in total. The Balaban J connectivity index is 1.70. The highest BCUT2D eigenvalue weighted by Crippen LogP contribution is 2.29. The summed E-state index contributed by atoms with van der Waals surface area (Å²) in [6.07, 6.45) is 0. The highest BCUT2D eigenvalue weighted by molar-refractivity contribution is 8.00. The van der Waals surface area contributed by atoms with Crippen LogP contribution in [-0.4, -0.2) is 16.1 Å². The number of aromatic nitrogens is 1. The van der Waals surface area contributed by atoms with E-state index in [9.17, 15) is 9.18 Å². The molecule has 24 heavy (non-hydrogen) atoms. The molecule has 1 heterocycles. The van der Waals surface area contributed by atoms with Gasteiger partial charge in [0.1, 0.15) is 11.3 Å². The lowest BCUT2D eigenvalue weighted by molar-refractivity contribution is -0.115. The number of nitrogens with zero attached hydrogens (tertiary/aromatic N) is 1. The van der Waals surface area contributed by atoms with Gasteiger partial charge in [-0.3, -0.25) is 4.79 Å². The highest BCUT2D eigenvalue weighted by atomic mass is 35.5. The molecule has 1 atom stereocenters. The summed E-state index contributed by atoms with van der Waals surface area (Å²) in [4.78, 5) is 16.5. The first-order chi connectivity index (χ1) is 11.4. The Bertz CT molecular complexity index is 916. The third-order valence-corrected chi connectivity index (χ3v) is 4.66. The van der Waals surface area contributed by atoms with Gasteiger partial charge in [-0.15, -0.1) is 0 Å². The van der Waals surface area contributed by atoms with Crippen LogP contribution >= 0.6 is 35.0 Å². The van der Waals surface area contributed by atoms with E-state index in [1.165, 1.54) is 12.1 Å². The van der Waals surface area contributed by atoms with Crippen molar-refractivity contribution in [1.82, 2.24) is 4.98 Å². The molecule has 3 rings (SSSR count). The minimum Gasteiger partial charge on any atom is -0.431 e. The third-order valence-electron chi connectivity index (χ3n) is 3.17. The lowest BCUT2D eigenvalue weighted by Gasteiger charge is -2.11. The van der Waals surface area contributed by atoms with Gasteiger partial charge in [0.25, 0.3) is 5.22 Å². The molecule has 3 aromatic rings. The van der Waals surface area contributed by atoms with Crippen LogP contribution in [0, 0.1) is 5.82 Å². The van der Waals surface area contributed by atoms with Crippen LogP contribution in [0.2, 0.25) is 10.0 Å². The number of thioether (sulfide) groups is 1. The van der Waals surface area contributed by atoms with E-state index in [4.69, 9.17) is 27.6 Å². The summed E-state index contributed by atoms with van der Waals surface area (Å²) in [5, 5.41) is 3.21. The zero-order valence-corrected chi connectivity index (χ0v) is 14.7. The molecular weight excluding hydrogens is 374 g/mol. The molecule has 0 radical (unpaired) electrons. The number of rotatable bonds is 4. The van der Waals surface area contributed by atoms with Crippen LogP contribution in [0.3, 0.4) is 0 Å². The fraction of sp³-hybridized carbons (Fsp3) is 0.125. The monoisotopic (exact) mass is 384 g/mol. The van der Waals surface area contributed by atoms with Crippen molar-refractivity contribution in [2.24, 2.45) is 0 Å². The first-order valence-corrected chi connectivity index (χ1v) is 8.54. The van der Waals surface area contributed by atoms with Crippen LogP contribution in [0.4, 0.5) is 10.1 Å². The van der Waals surface area contributed by atoms with Crippen LogP contribution < -0.4 is 5.32 Å². The molecule has 0 unspecified atom stereocenters. The van der Waals surface area contributed by atoms with E-state index >= 15 is 0 Å². The molecule has 1 aromatic heterocycles. The van der Waals surface area contributed by atoms with E-state index in [0.29, 0.717) is 27.0 Å². The van der Waals surface area contributed by atoms with Crippen LogP contribution in [0.5, 0.6) is 0 Å². The van der Waals surface area contributed by atoms with E-state index in [0.717, 1.165) is 17.8 Å². The number of anilines is 1. The topological polar surface area (TPSA) is 55.1 Å². The first-order valence-electron chi connectivity index (χ1n) is 6.91. The SMILES string of the molecule is C[C@H](Sc1nc2ccc(Cl)cc2o1)C(=O)Nc1ccc(F)cc1Cl. The van der Waals surface area contributed by atoms with Crippen LogP contribution in [0.1, 0.15) is 6.92 Å². The number of nitrogens with one attached hydrogen (secondary N) is 1. The van der Waals surface area contributed by atoms with Gasteiger partial charge in [0.2, 0.25) is 5.91 Å². The molecule has 124 valence electrons. The van der Waals surface area contributed by atoms with Crippen LogP contribution in [0.25, 0.3) is 11.1 Å². The Morgan fingerprint density at radius 1 is 1.29 bits per heavy atom. The van der Waals surface area contributed by atoms with E-state index < -0.39 is 11.1 Å². The molecule has 1 amide bonds. The number of hydrogen-bond acceptors (Lipinski definition) is 4. The Morgan fingerprint density at radius 3 is 2.83 bits per heavy atom. The fourth-order valence-corrected chi connectivity index (χ4v) is 3.09. The molecule has 0 aliphatic rings. The first kappa shape index (κ1) is 17.1. The van der Waals surface area contributed by atoms with Gasteiger partial charge in [-0.2, -0.15) is 0 Å². The second kappa shape index (κ2) is 7.01. The molecule has 0 aliphatic heterocycles. The number of amides is 1. The quantitative estimate of drug-likeness (QED) is 0.612. The van der Waals surface area contributed by atoms with Gasteiger partial charge in [0.15, 0.2) is 5.58 Å². The average Bonchev–Trinajstić information content (AvgIpc) is 2.91. The van der Waals surface area contributed by atoms with Gasteiger partial charge in [-0.25, -0.2) is 9.37 Å². The van der Waals surface area contributed by atoms with E-state index in [-0.39, 0.29) is 10.9 Å². The van der Waals surface area contributed by atoms with Gasteiger partial charge in [-0.05, 0) is 37.3 Å². The molecule has 0 aliphatic carbocycles. The summed E-state index contributed by atoms with van der Waals surface area (Å²) in [5.41, 5.74) is 1.56.